The summed E-state index contributed by atoms with van der Waals surface area (Å²) < 4.78 is 5.10. The second kappa shape index (κ2) is 6.24. The minimum absolute atomic E-state index is 0.217. The van der Waals surface area contributed by atoms with Crippen LogP contribution in [-0.2, 0) is 4.74 Å². The lowest BCUT2D eigenvalue weighted by molar-refractivity contribution is 0.0268. The van der Waals surface area contributed by atoms with Crippen LogP contribution < -0.4 is 5.32 Å². The van der Waals surface area contributed by atoms with E-state index in [0.717, 1.165) is 6.42 Å². The maximum Gasteiger partial charge on any atom is 0.407 e. The molecular weight excluding hydrogens is 218 g/mol. The number of hydrogen-bond acceptors (Lipinski definition) is 3. The van der Waals surface area contributed by atoms with Crippen molar-refractivity contribution < 1.29 is 14.6 Å². The number of alkyl carbamates (subject to hydrolysis) is 1. The molecule has 4 nitrogen and oxygen atoms in total. The van der Waals surface area contributed by atoms with Gasteiger partial charge in [-0.2, -0.15) is 0 Å². The topological polar surface area (TPSA) is 58.6 Å². The average Bonchev–Trinajstić information content (AvgIpc) is 2.09. The highest BCUT2D eigenvalue weighted by molar-refractivity contribution is 5.67. The van der Waals surface area contributed by atoms with E-state index in [0.29, 0.717) is 12.3 Å². The van der Waals surface area contributed by atoms with Crippen LogP contribution in [-0.4, -0.2) is 28.9 Å². The third-order valence-corrected chi connectivity index (χ3v) is 2.27. The second-order valence-electron chi connectivity index (χ2n) is 6.28. The molecule has 0 heterocycles. The Morgan fingerprint density at radius 2 is 1.82 bits per heavy atom. The Balaban J connectivity index is 3.96. The predicted molar refractivity (Wildman–Crippen MR) is 68.9 cm³/mol. The van der Waals surface area contributed by atoms with Crippen LogP contribution in [0.4, 0.5) is 4.79 Å². The standard InChI is InChI=1S/C13H27NO3/c1-10(2)7-8-13(6,16)9-14-11(15)17-12(3,4)5/h10,16H,7-9H2,1-6H3,(H,14,15). The van der Waals surface area contributed by atoms with Crippen molar-refractivity contribution in [3.8, 4) is 0 Å². The molecule has 0 fully saturated rings. The van der Waals surface area contributed by atoms with E-state index in [2.05, 4.69) is 19.2 Å². The minimum Gasteiger partial charge on any atom is -0.444 e. The number of rotatable bonds is 5. The van der Waals surface area contributed by atoms with Crippen LogP contribution in [0, 0.1) is 5.92 Å². The molecule has 0 aliphatic carbocycles. The Labute approximate surface area is 105 Å². The van der Waals surface area contributed by atoms with Gasteiger partial charge in [0, 0.05) is 6.54 Å². The molecule has 1 unspecified atom stereocenters. The number of hydrogen-bond donors (Lipinski definition) is 2. The number of aliphatic hydroxyl groups is 1. The van der Waals surface area contributed by atoms with E-state index in [1.165, 1.54) is 0 Å². The molecule has 1 atom stereocenters. The van der Waals surface area contributed by atoms with E-state index < -0.39 is 17.3 Å². The first-order valence-corrected chi connectivity index (χ1v) is 6.21. The van der Waals surface area contributed by atoms with Crippen molar-refractivity contribution >= 4 is 6.09 Å². The molecule has 0 rings (SSSR count). The first-order valence-electron chi connectivity index (χ1n) is 6.21. The predicted octanol–water partition coefficient (Wildman–Crippen LogP) is 2.70. The monoisotopic (exact) mass is 245 g/mol. The minimum atomic E-state index is -0.874. The molecule has 0 aliphatic heterocycles. The maximum atomic E-state index is 11.4. The Morgan fingerprint density at radius 1 is 1.29 bits per heavy atom. The summed E-state index contributed by atoms with van der Waals surface area (Å²) in [5.74, 6) is 0.544. The first-order chi connectivity index (χ1) is 7.52. The summed E-state index contributed by atoms with van der Waals surface area (Å²) in [6.07, 6.45) is 1.12. The molecule has 17 heavy (non-hydrogen) atoms. The highest BCUT2D eigenvalue weighted by atomic mass is 16.6. The molecule has 0 aliphatic rings. The second-order valence-corrected chi connectivity index (χ2v) is 6.28. The number of carbonyl (C=O) groups excluding carboxylic acids is 1. The van der Waals surface area contributed by atoms with Gasteiger partial charge in [-0.15, -0.1) is 0 Å². The van der Waals surface area contributed by atoms with Gasteiger partial charge < -0.3 is 15.2 Å². The van der Waals surface area contributed by atoms with Gasteiger partial charge in [-0.05, 0) is 46.5 Å². The van der Waals surface area contributed by atoms with Crippen molar-refractivity contribution in [2.24, 2.45) is 5.92 Å². The highest BCUT2D eigenvalue weighted by Gasteiger charge is 2.23. The van der Waals surface area contributed by atoms with Crippen molar-refractivity contribution in [3.05, 3.63) is 0 Å². The Morgan fingerprint density at radius 3 is 2.24 bits per heavy atom. The van der Waals surface area contributed by atoms with Crippen LogP contribution in [0.1, 0.15) is 54.4 Å². The zero-order chi connectivity index (χ0) is 13.7. The summed E-state index contributed by atoms with van der Waals surface area (Å²) in [7, 11) is 0. The third kappa shape index (κ3) is 10.1. The van der Waals surface area contributed by atoms with E-state index in [1.54, 1.807) is 6.92 Å². The summed E-state index contributed by atoms with van der Waals surface area (Å²) in [5.41, 5.74) is -1.38. The molecule has 0 spiro atoms. The normalized spacial score (nSPS) is 15.5. The summed E-state index contributed by atoms with van der Waals surface area (Å²) in [6.45, 7) is 11.6. The molecule has 4 heteroatoms. The number of carbonyl (C=O) groups is 1. The molecule has 0 saturated carbocycles. The third-order valence-electron chi connectivity index (χ3n) is 2.27. The Hall–Kier alpha value is -0.770. The van der Waals surface area contributed by atoms with Crippen molar-refractivity contribution in [1.29, 1.82) is 0 Å². The molecule has 0 bridgehead atoms. The molecule has 0 aromatic carbocycles. The average molecular weight is 245 g/mol. The van der Waals surface area contributed by atoms with Crippen molar-refractivity contribution in [3.63, 3.8) is 0 Å². The lowest BCUT2D eigenvalue weighted by atomic mass is 9.95. The molecular formula is C13H27NO3. The van der Waals surface area contributed by atoms with Crippen LogP contribution in [0.25, 0.3) is 0 Å². The van der Waals surface area contributed by atoms with E-state index >= 15 is 0 Å². The largest absolute Gasteiger partial charge is 0.444 e. The smallest absolute Gasteiger partial charge is 0.407 e. The fourth-order valence-electron chi connectivity index (χ4n) is 1.26. The molecule has 0 aromatic rings. The van der Waals surface area contributed by atoms with Gasteiger partial charge >= 0.3 is 6.09 Å². The van der Waals surface area contributed by atoms with E-state index in [1.807, 2.05) is 20.8 Å². The van der Waals surface area contributed by atoms with Crippen molar-refractivity contribution in [1.82, 2.24) is 5.32 Å². The van der Waals surface area contributed by atoms with E-state index in [9.17, 15) is 9.90 Å². The molecule has 102 valence electrons. The maximum absolute atomic E-state index is 11.4. The number of nitrogens with one attached hydrogen (secondary N) is 1. The van der Waals surface area contributed by atoms with Gasteiger partial charge in [-0.25, -0.2) is 4.79 Å². The number of ether oxygens (including phenoxy) is 1. The molecule has 1 amide bonds. The van der Waals surface area contributed by atoms with Gasteiger partial charge in [0.05, 0.1) is 5.60 Å². The summed E-state index contributed by atoms with van der Waals surface area (Å²) in [5, 5.41) is 12.6. The quantitative estimate of drug-likeness (QED) is 0.783. The van der Waals surface area contributed by atoms with Crippen LogP contribution in [0.5, 0.6) is 0 Å². The van der Waals surface area contributed by atoms with Crippen LogP contribution in [0.15, 0.2) is 0 Å². The van der Waals surface area contributed by atoms with Crippen LogP contribution >= 0.6 is 0 Å². The molecule has 2 N–H and O–H groups in total. The molecule has 0 aromatic heterocycles. The summed E-state index contributed by atoms with van der Waals surface area (Å²) >= 11 is 0. The fraction of sp³-hybridized carbons (Fsp3) is 0.923. The van der Waals surface area contributed by atoms with Crippen LogP contribution in [0.2, 0.25) is 0 Å². The van der Waals surface area contributed by atoms with E-state index in [4.69, 9.17) is 4.74 Å². The molecule has 0 radical (unpaired) electrons. The molecule has 0 saturated heterocycles. The summed E-state index contributed by atoms with van der Waals surface area (Å²) in [6, 6.07) is 0. The van der Waals surface area contributed by atoms with E-state index in [-0.39, 0.29) is 6.54 Å². The van der Waals surface area contributed by atoms with Gasteiger partial charge in [-0.1, -0.05) is 13.8 Å². The Kier molecular flexibility index (Phi) is 5.96. The zero-order valence-electron chi connectivity index (χ0n) is 12.0. The number of amides is 1. The zero-order valence-corrected chi connectivity index (χ0v) is 12.0. The Bertz CT molecular complexity index is 242. The van der Waals surface area contributed by atoms with Crippen molar-refractivity contribution in [2.75, 3.05) is 6.54 Å². The van der Waals surface area contributed by atoms with Gasteiger partial charge in [0.1, 0.15) is 5.60 Å². The van der Waals surface area contributed by atoms with Crippen LogP contribution in [0.3, 0.4) is 0 Å². The summed E-state index contributed by atoms with van der Waals surface area (Å²) in [4.78, 5) is 11.4. The lowest BCUT2D eigenvalue weighted by Gasteiger charge is -2.26. The van der Waals surface area contributed by atoms with Gasteiger partial charge in [0.15, 0.2) is 0 Å². The van der Waals surface area contributed by atoms with Crippen molar-refractivity contribution in [2.45, 2.75) is 65.6 Å². The lowest BCUT2D eigenvalue weighted by Crippen LogP contribution is -2.42. The van der Waals surface area contributed by atoms with Gasteiger partial charge in [-0.3, -0.25) is 0 Å². The first kappa shape index (κ1) is 16.2. The SMILES string of the molecule is CC(C)CCC(C)(O)CNC(=O)OC(C)(C)C. The van der Waals surface area contributed by atoms with Gasteiger partial charge in [0.25, 0.3) is 0 Å². The highest BCUT2D eigenvalue weighted by Crippen LogP contribution is 2.15. The van der Waals surface area contributed by atoms with Gasteiger partial charge in [0.2, 0.25) is 0 Å². The fourth-order valence-corrected chi connectivity index (χ4v) is 1.26.